The van der Waals surface area contributed by atoms with Crippen molar-refractivity contribution < 1.29 is 24.6 Å². The molecule has 4 N–H and O–H groups in total. The van der Waals surface area contributed by atoms with Gasteiger partial charge in [-0.25, -0.2) is 0 Å². The largest absolute Gasteiger partial charge is 0.504 e. The van der Waals surface area contributed by atoms with Crippen LogP contribution in [0.4, 0.5) is 5.69 Å². The lowest BCUT2D eigenvalue weighted by molar-refractivity contribution is -0.145. The van der Waals surface area contributed by atoms with Crippen molar-refractivity contribution in [2.24, 2.45) is 11.8 Å². The second-order valence-electron chi connectivity index (χ2n) is 9.72. The molecule has 3 aliphatic heterocycles. The van der Waals surface area contributed by atoms with Crippen LogP contribution in [0.2, 0.25) is 5.02 Å². The number of halogens is 1. The first-order valence-electron chi connectivity index (χ1n) is 11.6. The van der Waals surface area contributed by atoms with Crippen LogP contribution in [-0.4, -0.2) is 44.9 Å². The molecule has 1 saturated carbocycles. The fourth-order valence-electron chi connectivity index (χ4n) is 6.44. The van der Waals surface area contributed by atoms with Crippen molar-refractivity contribution in [1.29, 1.82) is 0 Å². The molecule has 0 unspecified atom stereocenters. The maximum atomic E-state index is 13.9. The SMILES string of the molecule is O=C1[C@H]2[C@@H](C(=O)N1C1CCCC1)[C@]1(N[C@@H]2Cc2ccc(O)c(O)c2)C(=O)Nc2ccc(Cl)cc21. The van der Waals surface area contributed by atoms with E-state index in [1.807, 2.05) is 0 Å². The van der Waals surface area contributed by atoms with Crippen LogP contribution >= 0.6 is 11.6 Å². The Morgan fingerprint density at radius 2 is 1.76 bits per heavy atom. The standard InChI is InChI=1S/C25H24ClN3O5/c26-13-6-7-16-15(11-13)25(24(34)27-16)21-20(22(32)29(23(21)33)14-3-1-2-4-14)17(28-25)9-12-5-8-18(30)19(31)10-12/h5-8,10-11,14,17,20-21,28,30-31H,1-4,9H2,(H,27,34)/t17-,20-,21+,25+/m1/s1. The Morgan fingerprint density at radius 1 is 1.00 bits per heavy atom. The maximum Gasteiger partial charge on any atom is 0.250 e. The van der Waals surface area contributed by atoms with Crippen LogP contribution < -0.4 is 10.6 Å². The minimum Gasteiger partial charge on any atom is -0.504 e. The number of benzene rings is 2. The number of anilines is 1. The van der Waals surface area contributed by atoms with Crippen molar-refractivity contribution in [3.63, 3.8) is 0 Å². The van der Waals surface area contributed by atoms with Crippen molar-refractivity contribution in [3.8, 4) is 11.5 Å². The Morgan fingerprint density at radius 3 is 2.50 bits per heavy atom. The molecule has 2 aromatic rings. The van der Waals surface area contributed by atoms with Crippen LogP contribution in [-0.2, 0) is 26.3 Å². The first kappa shape index (κ1) is 21.4. The smallest absolute Gasteiger partial charge is 0.250 e. The molecule has 9 heteroatoms. The van der Waals surface area contributed by atoms with Crippen molar-refractivity contribution in [1.82, 2.24) is 10.2 Å². The normalized spacial score (nSPS) is 30.3. The van der Waals surface area contributed by atoms with E-state index in [1.165, 1.54) is 17.0 Å². The molecular weight excluding hydrogens is 458 g/mol. The summed E-state index contributed by atoms with van der Waals surface area (Å²) in [7, 11) is 0. The van der Waals surface area contributed by atoms with E-state index in [4.69, 9.17) is 11.6 Å². The van der Waals surface area contributed by atoms with Gasteiger partial charge >= 0.3 is 0 Å². The third-order valence-electron chi connectivity index (χ3n) is 7.90. The highest BCUT2D eigenvalue weighted by molar-refractivity contribution is 6.31. The van der Waals surface area contributed by atoms with Gasteiger partial charge in [-0.15, -0.1) is 0 Å². The average molecular weight is 482 g/mol. The molecule has 3 heterocycles. The number of aromatic hydroxyl groups is 2. The van der Waals surface area contributed by atoms with E-state index in [0.717, 1.165) is 25.7 Å². The molecule has 34 heavy (non-hydrogen) atoms. The maximum absolute atomic E-state index is 13.9. The first-order chi connectivity index (χ1) is 16.3. The third kappa shape index (κ3) is 2.85. The van der Waals surface area contributed by atoms with E-state index in [2.05, 4.69) is 10.6 Å². The van der Waals surface area contributed by atoms with Crippen LogP contribution in [0.5, 0.6) is 11.5 Å². The zero-order chi connectivity index (χ0) is 23.8. The molecule has 0 aromatic heterocycles. The summed E-state index contributed by atoms with van der Waals surface area (Å²) in [5.41, 5.74) is 0.413. The van der Waals surface area contributed by atoms with Gasteiger partial charge in [-0.1, -0.05) is 30.5 Å². The van der Waals surface area contributed by atoms with Gasteiger partial charge in [-0.2, -0.15) is 0 Å². The van der Waals surface area contributed by atoms with Crippen LogP contribution in [0.1, 0.15) is 36.8 Å². The Hall–Kier alpha value is -3.10. The highest BCUT2D eigenvalue weighted by Gasteiger charge is 2.70. The zero-order valence-corrected chi connectivity index (χ0v) is 19.0. The molecule has 1 spiro atoms. The van der Waals surface area contributed by atoms with Gasteiger partial charge in [0.1, 0.15) is 5.54 Å². The molecule has 2 aromatic carbocycles. The number of carbonyl (C=O) groups is 3. The molecule has 6 rings (SSSR count). The average Bonchev–Trinajstić information content (AvgIpc) is 3.54. The second kappa shape index (κ2) is 7.45. The minimum atomic E-state index is -1.41. The summed E-state index contributed by atoms with van der Waals surface area (Å²) >= 11 is 6.29. The summed E-state index contributed by atoms with van der Waals surface area (Å²) < 4.78 is 0. The Labute approximate surface area is 200 Å². The van der Waals surface area contributed by atoms with Crippen molar-refractivity contribution in [3.05, 3.63) is 52.5 Å². The molecule has 176 valence electrons. The number of fused-ring (bicyclic) bond motifs is 4. The van der Waals surface area contributed by atoms with E-state index >= 15 is 0 Å². The van der Waals surface area contributed by atoms with Crippen LogP contribution in [0.25, 0.3) is 0 Å². The second-order valence-corrected chi connectivity index (χ2v) is 10.2. The monoisotopic (exact) mass is 481 g/mol. The molecule has 1 aliphatic carbocycles. The summed E-state index contributed by atoms with van der Waals surface area (Å²) in [6.45, 7) is 0. The summed E-state index contributed by atoms with van der Waals surface area (Å²) in [6.07, 6.45) is 3.79. The molecule has 3 fully saturated rings. The highest BCUT2D eigenvalue weighted by atomic mass is 35.5. The lowest BCUT2D eigenvalue weighted by Gasteiger charge is -2.31. The number of carbonyl (C=O) groups excluding carboxylic acids is 3. The van der Waals surface area contributed by atoms with Gasteiger partial charge in [-0.3, -0.25) is 24.6 Å². The van der Waals surface area contributed by atoms with E-state index in [0.29, 0.717) is 21.8 Å². The number of nitrogens with one attached hydrogen (secondary N) is 2. The van der Waals surface area contributed by atoms with Gasteiger partial charge in [0, 0.05) is 28.4 Å². The van der Waals surface area contributed by atoms with Gasteiger partial charge < -0.3 is 15.5 Å². The molecule has 4 atom stereocenters. The number of rotatable bonds is 3. The quantitative estimate of drug-likeness (QED) is 0.395. The first-order valence-corrected chi connectivity index (χ1v) is 12.0. The minimum absolute atomic E-state index is 0.135. The van der Waals surface area contributed by atoms with Crippen molar-refractivity contribution in [2.75, 3.05) is 5.32 Å². The van der Waals surface area contributed by atoms with Crippen molar-refractivity contribution in [2.45, 2.75) is 49.7 Å². The van der Waals surface area contributed by atoms with Gasteiger partial charge in [0.05, 0.1) is 11.8 Å². The summed E-state index contributed by atoms with van der Waals surface area (Å²) in [4.78, 5) is 42.5. The number of hydrogen-bond donors (Lipinski definition) is 4. The molecule has 2 saturated heterocycles. The number of imide groups is 1. The third-order valence-corrected chi connectivity index (χ3v) is 8.13. The van der Waals surface area contributed by atoms with E-state index < -0.39 is 23.4 Å². The van der Waals surface area contributed by atoms with Crippen LogP contribution in [0, 0.1) is 11.8 Å². The number of amides is 3. The molecular formula is C25H24ClN3O5. The molecule has 0 bridgehead atoms. The summed E-state index contributed by atoms with van der Waals surface area (Å²) in [5, 5.41) is 26.3. The lowest BCUT2D eigenvalue weighted by Crippen LogP contribution is -2.54. The number of nitrogens with zero attached hydrogens (tertiary/aromatic N) is 1. The topological polar surface area (TPSA) is 119 Å². The van der Waals surface area contributed by atoms with E-state index in [1.54, 1.807) is 24.3 Å². The lowest BCUT2D eigenvalue weighted by atomic mass is 9.76. The Kier molecular flexibility index (Phi) is 4.70. The summed E-state index contributed by atoms with van der Waals surface area (Å²) in [6, 6.07) is 8.88. The molecule has 3 amide bonds. The van der Waals surface area contributed by atoms with E-state index in [-0.39, 0.29) is 41.7 Å². The predicted octanol–water partition coefficient (Wildman–Crippen LogP) is 2.66. The number of hydrogen-bond acceptors (Lipinski definition) is 6. The van der Waals surface area contributed by atoms with Gasteiger partial charge in [0.2, 0.25) is 17.7 Å². The van der Waals surface area contributed by atoms with Crippen LogP contribution in [0.15, 0.2) is 36.4 Å². The van der Waals surface area contributed by atoms with E-state index in [9.17, 15) is 24.6 Å². The van der Waals surface area contributed by atoms with Crippen LogP contribution in [0.3, 0.4) is 0 Å². The van der Waals surface area contributed by atoms with Gasteiger partial charge in [-0.05, 0) is 55.2 Å². The predicted molar refractivity (Wildman–Crippen MR) is 123 cm³/mol. The number of likely N-dealkylation sites (tertiary alicyclic amines) is 1. The van der Waals surface area contributed by atoms with Gasteiger partial charge in [0.15, 0.2) is 11.5 Å². The number of phenolic OH excluding ortho intramolecular Hbond substituents is 2. The van der Waals surface area contributed by atoms with Crippen molar-refractivity contribution >= 4 is 35.0 Å². The Bertz CT molecular complexity index is 1240. The van der Waals surface area contributed by atoms with Gasteiger partial charge in [0.25, 0.3) is 0 Å². The number of phenols is 2. The highest BCUT2D eigenvalue weighted by Crippen LogP contribution is 2.54. The molecule has 4 aliphatic rings. The molecule has 0 radical (unpaired) electrons. The summed E-state index contributed by atoms with van der Waals surface area (Å²) in [5.74, 6) is -3.06. The fourth-order valence-corrected chi connectivity index (χ4v) is 6.62. The zero-order valence-electron chi connectivity index (χ0n) is 18.3. The molecule has 8 nitrogen and oxygen atoms in total. The fraction of sp³-hybridized carbons (Fsp3) is 0.400. The Balaban J connectivity index is 1.47.